The van der Waals surface area contributed by atoms with Crippen molar-refractivity contribution in [2.75, 3.05) is 5.32 Å². The smallest absolute Gasteiger partial charge is 0.337 e. The molecule has 0 aliphatic rings. The molecule has 0 saturated carbocycles. The van der Waals surface area contributed by atoms with Crippen molar-refractivity contribution in [3.63, 3.8) is 0 Å². The first-order valence-corrected chi connectivity index (χ1v) is 6.39. The largest absolute Gasteiger partial charge is 0.478 e. The summed E-state index contributed by atoms with van der Waals surface area (Å²) in [7, 11) is 0. The Kier molecular flexibility index (Phi) is 4.07. The van der Waals surface area contributed by atoms with Crippen molar-refractivity contribution >= 4 is 44.9 Å². The van der Waals surface area contributed by atoms with Crippen LogP contribution in [0.15, 0.2) is 40.9 Å². The minimum atomic E-state index is -1.09. The Balaban J connectivity index is 2.40. The molecule has 0 aliphatic carbocycles. The van der Waals surface area contributed by atoms with E-state index in [4.69, 9.17) is 16.7 Å². The first kappa shape index (κ1) is 13.8. The van der Waals surface area contributed by atoms with Gasteiger partial charge in [0, 0.05) is 9.50 Å². The molecule has 0 spiro atoms. The molecule has 2 N–H and O–H groups in total. The van der Waals surface area contributed by atoms with Crippen molar-refractivity contribution in [1.82, 2.24) is 0 Å². The highest BCUT2D eigenvalue weighted by atomic mass is 79.9. The van der Waals surface area contributed by atoms with Crippen LogP contribution in [-0.4, -0.2) is 11.1 Å². The number of aromatic carboxylic acids is 1. The molecule has 0 fully saturated rings. The third-order valence-electron chi connectivity index (χ3n) is 2.41. The van der Waals surface area contributed by atoms with Gasteiger partial charge in [0.15, 0.2) is 0 Å². The van der Waals surface area contributed by atoms with Gasteiger partial charge in [0.2, 0.25) is 0 Å². The van der Waals surface area contributed by atoms with Crippen molar-refractivity contribution in [2.24, 2.45) is 0 Å². The molecular weight excluding hydrogens is 337 g/mol. The molecule has 2 aromatic carbocycles. The number of carboxylic acid groups (broad SMARTS) is 1. The van der Waals surface area contributed by atoms with Crippen molar-refractivity contribution in [2.45, 2.75) is 0 Å². The highest BCUT2D eigenvalue weighted by Crippen LogP contribution is 2.29. The molecule has 0 atom stereocenters. The van der Waals surface area contributed by atoms with E-state index in [1.807, 2.05) is 0 Å². The summed E-state index contributed by atoms with van der Waals surface area (Å²) in [4.78, 5) is 11.1. The molecule has 0 aromatic heterocycles. The summed E-state index contributed by atoms with van der Waals surface area (Å²) in [5.41, 5.74) is 0.985. The molecule has 0 aliphatic heterocycles. The van der Waals surface area contributed by atoms with Gasteiger partial charge < -0.3 is 10.4 Å². The molecule has 98 valence electrons. The average Bonchev–Trinajstić information content (AvgIpc) is 2.34. The second-order valence-corrected chi connectivity index (χ2v) is 5.03. The van der Waals surface area contributed by atoms with Crippen molar-refractivity contribution in [1.29, 1.82) is 0 Å². The zero-order valence-corrected chi connectivity index (χ0v) is 11.8. The molecular formula is C13H8BrClFNO2. The Hall–Kier alpha value is -1.59. The number of benzene rings is 2. The highest BCUT2D eigenvalue weighted by molar-refractivity contribution is 9.10. The lowest BCUT2D eigenvalue weighted by molar-refractivity contribution is 0.0698. The molecule has 19 heavy (non-hydrogen) atoms. The van der Waals surface area contributed by atoms with Gasteiger partial charge in [-0.2, -0.15) is 0 Å². The van der Waals surface area contributed by atoms with E-state index < -0.39 is 5.97 Å². The molecule has 3 nitrogen and oxygen atoms in total. The maximum absolute atomic E-state index is 13.0. The van der Waals surface area contributed by atoms with Crippen molar-refractivity contribution in [3.05, 3.63) is 57.3 Å². The van der Waals surface area contributed by atoms with Gasteiger partial charge in [-0.1, -0.05) is 11.6 Å². The predicted molar refractivity (Wildman–Crippen MR) is 75.8 cm³/mol. The predicted octanol–water partition coefficient (Wildman–Crippen LogP) is 4.68. The second-order valence-electron chi connectivity index (χ2n) is 3.74. The minimum absolute atomic E-state index is 0.0451. The van der Waals surface area contributed by atoms with Gasteiger partial charge in [-0.05, 0) is 52.3 Å². The third kappa shape index (κ3) is 3.24. The van der Waals surface area contributed by atoms with Gasteiger partial charge in [0.25, 0.3) is 0 Å². The van der Waals surface area contributed by atoms with Gasteiger partial charge >= 0.3 is 5.97 Å². The Morgan fingerprint density at radius 3 is 2.53 bits per heavy atom. The number of carboxylic acids is 1. The maximum atomic E-state index is 13.0. The van der Waals surface area contributed by atoms with Gasteiger partial charge in [0.1, 0.15) is 5.82 Å². The second kappa shape index (κ2) is 5.59. The molecule has 2 rings (SSSR count). The minimum Gasteiger partial charge on any atom is -0.478 e. The number of carbonyl (C=O) groups is 1. The fourth-order valence-corrected chi connectivity index (χ4v) is 2.16. The normalized spacial score (nSPS) is 10.3. The van der Waals surface area contributed by atoms with E-state index in [1.165, 1.54) is 24.3 Å². The van der Waals surface area contributed by atoms with Crippen molar-refractivity contribution in [3.8, 4) is 0 Å². The van der Waals surface area contributed by atoms with Gasteiger partial charge in [-0.3, -0.25) is 0 Å². The molecule has 0 saturated heterocycles. The van der Waals surface area contributed by atoms with Crippen LogP contribution >= 0.6 is 27.5 Å². The number of hydrogen-bond donors (Lipinski definition) is 2. The first-order valence-electron chi connectivity index (χ1n) is 5.22. The van der Waals surface area contributed by atoms with Gasteiger partial charge in [-0.25, -0.2) is 9.18 Å². The standard InChI is InChI=1S/C13H8BrClFNO2/c14-10-6-8(16)2-4-12(10)17-11-3-1-7(15)5-9(11)13(18)19/h1-6,17H,(H,18,19). The van der Waals surface area contributed by atoms with E-state index in [9.17, 15) is 9.18 Å². The van der Waals surface area contributed by atoms with Crippen LogP contribution in [0.25, 0.3) is 0 Å². The SMILES string of the molecule is O=C(O)c1cc(Cl)ccc1Nc1ccc(F)cc1Br. The summed E-state index contributed by atoms with van der Waals surface area (Å²) >= 11 is 8.97. The third-order valence-corrected chi connectivity index (χ3v) is 3.30. The average molecular weight is 345 g/mol. The van der Waals surface area contributed by atoms with E-state index in [1.54, 1.807) is 12.1 Å². The number of anilines is 2. The van der Waals surface area contributed by atoms with E-state index in [2.05, 4.69) is 21.2 Å². The Morgan fingerprint density at radius 2 is 1.89 bits per heavy atom. The van der Waals surface area contributed by atoms with Gasteiger partial charge in [0.05, 0.1) is 16.9 Å². The van der Waals surface area contributed by atoms with Crippen LogP contribution in [0.3, 0.4) is 0 Å². The van der Waals surface area contributed by atoms with E-state index in [0.717, 1.165) is 0 Å². The van der Waals surface area contributed by atoms with Gasteiger partial charge in [-0.15, -0.1) is 0 Å². The summed E-state index contributed by atoms with van der Waals surface area (Å²) in [5.74, 6) is -1.48. The summed E-state index contributed by atoms with van der Waals surface area (Å²) in [6.45, 7) is 0. The summed E-state index contributed by atoms with van der Waals surface area (Å²) in [6, 6.07) is 8.57. The van der Waals surface area contributed by atoms with Crippen LogP contribution in [0.2, 0.25) is 5.02 Å². The van der Waals surface area contributed by atoms with Crippen LogP contribution in [-0.2, 0) is 0 Å². The quantitative estimate of drug-likeness (QED) is 0.849. The molecule has 0 amide bonds. The van der Waals surface area contributed by atoms with E-state index >= 15 is 0 Å². The number of nitrogens with one attached hydrogen (secondary N) is 1. The Morgan fingerprint density at radius 1 is 1.21 bits per heavy atom. The molecule has 0 unspecified atom stereocenters. The lowest BCUT2D eigenvalue weighted by Crippen LogP contribution is -2.03. The summed E-state index contributed by atoms with van der Waals surface area (Å²) in [6.07, 6.45) is 0. The number of hydrogen-bond acceptors (Lipinski definition) is 2. The number of rotatable bonds is 3. The fourth-order valence-electron chi connectivity index (χ4n) is 1.54. The molecule has 0 heterocycles. The maximum Gasteiger partial charge on any atom is 0.337 e. The van der Waals surface area contributed by atoms with Crippen molar-refractivity contribution < 1.29 is 14.3 Å². The zero-order valence-electron chi connectivity index (χ0n) is 9.45. The lowest BCUT2D eigenvalue weighted by Gasteiger charge is -2.11. The van der Waals surface area contributed by atoms with E-state index in [-0.39, 0.29) is 11.4 Å². The molecule has 6 heteroatoms. The zero-order chi connectivity index (χ0) is 14.0. The van der Waals surface area contributed by atoms with Crippen LogP contribution in [0.1, 0.15) is 10.4 Å². The van der Waals surface area contributed by atoms with Crippen LogP contribution in [0.4, 0.5) is 15.8 Å². The van der Waals surface area contributed by atoms with Crippen LogP contribution in [0.5, 0.6) is 0 Å². The molecule has 0 bridgehead atoms. The van der Waals surface area contributed by atoms with E-state index in [0.29, 0.717) is 20.9 Å². The molecule has 2 aromatic rings. The Labute approximate surface area is 122 Å². The fraction of sp³-hybridized carbons (Fsp3) is 0. The number of halogens is 3. The lowest BCUT2D eigenvalue weighted by atomic mass is 10.1. The topological polar surface area (TPSA) is 49.3 Å². The Bertz CT molecular complexity index is 649. The van der Waals surface area contributed by atoms with Crippen LogP contribution in [0, 0.1) is 5.82 Å². The summed E-state index contributed by atoms with van der Waals surface area (Å²) in [5, 5.41) is 12.4. The summed E-state index contributed by atoms with van der Waals surface area (Å²) < 4.78 is 13.5. The van der Waals surface area contributed by atoms with Crippen LogP contribution < -0.4 is 5.32 Å². The first-order chi connectivity index (χ1) is 8.97. The highest BCUT2D eigenvalue weighted by Gasteiger charge is 2.12. The molecule has 0 radical (unpaired) electrons. The monoisotopic (exact) mass is 343 g/mol.